The van der Waals surface area contributed by atoms with Gasteiger partial charge in [-0.25, -0.2) is 8.78 Å². The van der Waals surface area contributed by atoms with E-state index in [0.717, 1.165) is 5.69 Å². The number of nitrogens with one attached hydrogen (secondary N) is 1. The van der Waals surface area contributed by atoms with Crippen LogP contribution in [0.3, 0.4) is 0 Å². The van der Waals surface area contributed by atoms with Crippen molar-refractivity contribution in [3.63, 3.8) is 0 Å². The normalized spacial score (nSPS) is 18.3. The van der Waals surface area contributed by atoms with Crippen molar-refractivity contribution in [2.24, 2.45) is 5.92 Å². The first-order valence-electron chi connectivity index (χ1n) is 7.79. The number of nitrogens with zero attached hydrogens (tertiary/aromatic N) is 1. The van der Waals surface area contributed by atoms with E-state index in [1.165, 1.54) is 0 Å². The monoisotopic (exact) mass is 340 g/mol. The fourth-order valence-corrected chi connectivity index (χ4v) is 3.46. The summed E-state index contributed by atoms with van der Waals surface area (Å²) in [5.41, 5.74) is 2.12. The van der Waals surface area contributed by atoms with Crippen molar-refractivity contribution in [2.45, 2.75) is 38.5 Å². The Morgan fingerprint density at radius 3 is 2.83 bits per heavy atom. The molecule has 0 bridgehead atoms. The maximum Gasteiger partial charge on any atom is 0.253 e. The second-order valence-electron chi connectivity index (χ2n) is 6.28. The van der Waals surface area contributed by atoms with Gasteiger partial charge in [-0.1, -0.05) is 11.6 Å². The van der Waals surface area contributed by atoms with Crippen molar-refractivity contribution in [2.75, 3.05) is 6.54 Å². The number of aromatic nitrogens is 1. The predicted octanol–water partition coefficient (Wildman–Crippen LogP) is 4.46. The molecule has 2 aromatic heterocycles. The van der Waals surface area contributed by atoms with Gasteiger partial charge in [0, 0.05) is 31.3 Å². The number of pyridine rings is 1. The Morgan fingerprint density at radius 2 is 2.13 bits per heavy atom. The number of hydrogen-bond acceptors (Lipinski definition) is 1. The molecule has 124 valence electrons. The molecule has 0 saturated heterocycles. The van der Waals surface area contributed by atoms with Crippen LogP contribution in [0.15, 0.2) is 24.4 Å². The van der Waals surface area contributed by atoms with Gasteiger partial charge in [0.15, 0.2) is 0 Å². The zero-order chi connectivity index (χ0) is 16.6. The Labute approximate surface area is 138 Å². The van der Waals surface area contributed by atoms with E-state index in [-0.39, 0.29) is 24.7 Å². The maximum absolute atomic E-state index is 13.2. The molecule has 1 fully saturated rings. The quantitative estimate of drug-likeness (QED) is 0.879. The summed E-state index contributed by atoms with van der Waals surface area (Å²) in [4.78, 5) is 12.5. The van der Waals surface area contributed by atoms with Gasteiger partial charge in [0.25, 0.3) is 5.91 Å². The van der Waals surface area contributed by atoms with Crippen LogP contribution in [-0.2, 0) is 0 Å². The van der Waals surface area contributed by atoms with Crippen molar-refractivity contribution < 1.29 is 13.6 Å². The first-order chi connectivity index (χ1) is 10.9. The number of carbonyl (C=O) groups is 1. The summed E-state index contributed by atoms with van der Waals surface area (Å²) in [6.45, 7) is 2.33. The van der Waals surface area contributed by atoms with Crippen LogP contribution < -0.4 is 5.32 Å². The summed E-state index contributed by atoms with van der Waals surface area (Å²) in [5, 5.41) is 3.39. The maximum atomic E-state index is 13.2. The predicted molar refractivity (Wildman–Crippen MR) is 86.4 cm³/mol. The van der Waals surface area contributed by atoms with Crippen LogP contribution in [0.1, 0.15) is 41.7 Å². The molecule has 1 N–H and O–H groups in total. The van der Waals surface area contributed by atoms with Gasteiger partial charge < -0.3 is 9.72 Å². The number of alkyl halides is 2. The van der Waals surface area contributed by atoms with Gasteiger partial charge >= 0.3 is 0 Å². The van der Waals surface area contributed by atoms with Crippen LogP contribution in [0.2, 0.25) is 5.02 Å². The first kappa shape index (κ1) is 16.2. The molecule has 3 rings (SSSR count). The second kappa shape index (κ2) is 6.11. The van der Waals surface area contributed by atoms with E-state index in [1.54, 1.807) is 12.1 Å². The lowest BCUT2D eigenvalue weighted by Crippen LogP contribution is -2.33. The van der Waals surface area contributed by atoms with Gasteiger partial charge in [0.05, 0.1) is 16.1 Å². The highest BCUT2D eigenvalue weighted by Crippen LogP contribution is 2.35. The van der Waals surface area contributed by atoms with Crippen LogP contribution in [0.5, 0.6) is 0 Å². The summed E-state index contributed by atoms with van der Waals surface area (Å²) in [6.07, 6.45) is 2.57. The highest BCUT2D eigenvalue weighted by Gasteiger charge is 2.34. The Morgan fingerprint density at radius 1 is 1.43 bits per heavy atom. The van der Waals surface area contributed by atoms with Gasteiger partial charge in [0.2, 0.25) is 5.92 Å². The lowest BCUT2D eigenvalue weighted by molar-refractivity contribution is -0.0452. The standard InChI is InChI=1S/C17H19ClF2N2O/c1-11-9-13(15-14(18)3-2-8-22(11)15)16(23)21-10-12-4-6-17(19,20)7-5-12/h2-3,8-9,12H,4-7,10H2,1H3,(H,21,23). The minimum absolute atomic E-state index is 0.0896. The molecule has 6 heteroatoms. The highest BCUT2D eigenvalue weighted by atomic mass is 35.5. The number of hydrogen-bond donors (Lipinski definition) is 1. The summed E-state index contributed by atoms with van der Waals surface area (Å²) in [5.74, 6) is -2.63. The Bertz CT molecular complexity index is 732. The summed E-state index contributed by atoms with van der Waals surface area (Å²) >= 11 is 6.22. The molecule has 0 aromatic carbocycles. The molecular weight excluding hydrogens is 322 g/mol. The molecule has 2 heterocycles. The van der Waals surface area contributed by atoms with Gasteiger partial charge in [0.1, 0.15) is 0 Å². The van der Waals surface area contributed by atoms with Crippen LogP contribution in [0, 0.1) is 12.8 Å². The molecule has 0 atom stereocenters. The van der Waals surface area contributed by atoms with E-state index in [1.807, 2.05) is 23.6 Å². The highest BCUT2D eigenvalue weighted by molar-refractivity contribution is 6.34. The van der Waals surface area contributed by atoms with Crippen molar-refractivity contribution in [1.82, 2.24) is 9.72 Å². The van der Waals surface area contributed by atoms with E-state index in [4.69, 9.17) is 11.6 Å². The Hall–Kier alpha value is -1.62. The second-order valence-corrected chi connectivity index (χ2v) is 6.69. The molecule has 0 unspecified atom stereocenters. The minimum Gasteiger partial charge on any atom is -0.352 e. The van der Waals surface area contributed by atoms with E-state index in [0.29, 0.717) is 35.5 Å². The van der Waals surface area contributed by atoms with Gasteiger partial charge in [-0.05, 0) is 43.9 Å². The number of rotatable bonds is 3. The zero-order valence-electron chi connectivity index (χ0n) is 12.9. The molecule has 1 saturated carbocycles. The number of halogens is 3. The minimum atomic E-state index is -2.54. The van der Waals surface area contributed by atoms with E-state index in [9.17, 15) is 13.6 Å². The topological polar surface area (TPSA) is 33.5 Å². The number of carbonyl (C=O) groups excluding carboxylic acids is 1. The molecule has 2 aromatic rings. The van der Waals surface area contributed by atoms with Gasteiger partial charge in [-0.3, -0.25) is 4.79 Å². The van der Waals surface area contributed by atoms with Crippen molar-refractivity contribution >= 4 is 23.0 Å². The third kappa shape index (κ3) is 3.34. The van der Waals surface area contributed by atoms with E-state index >= 15 is 0 Å². The zero-order valence-corrected chi connectivity index (χ0v) is 13.7. The molecular formula is C17H19ClF2N2O. The van der Waals surface area contributed by atoms with Crippen LogP contribution in [0.25, 0.3) is 5.52 Å². The third-order valence-corrected chi connectivity index (χ3v) is 4.87. The SMILES string of the molecule is Cc1cc(C(=O)NCC2CCC(F)(F)CC2)c2c(Cl)cccn12. The Balaban J connectivity index is 1.70. The number of aryl methyl sites for hydroxylation is 1. The molecule has 1 aliphatic carbocycles. The van der Waals surface area contributed by atoms with Crippen molar-refractivity contribution in [3.05, 3.63) is 40.7 Å². The van der Waals surface area contributed by atoms with E-state index < -0.39 is 5.92 Å². The lowest BCUT2D eigenvalue weighted by atomic mass is 9.87. The first-order valence-corrected chi connectivity index (χ1v) is 8.17. The average Bonchev–Trinajstić information content (AvgIpc) is 2.85. The molecule has 0 aliphatic heterocycles. The molecule has 3 nitrogen and oxygen atoms in total. The molecule has 1 amide bonds. The molecule has 23 heavy (non-hydrogen) atoms. The van der Waals surface area contributed by atoms with Crippen LogP contribution >= 0.6 is 11.6 Å². The van der Waals surface area contributed by atoms with Crippen LogP contribution in [0.4, 0.5) is 8.78 Å². The smallest absolute Gasteiger partial charge is 0.253 e. The van der Waals surface area contributed by atoms with Gasteiger partial charge in [-0.15, -0.1) is 0 Å². The third-order valence-electron chi connectivity index (χ3n) is 4.57. The van der Waals surface area contributed by atoms with Crippen molar-refractivity contribution in [1.29, 1.82) is 0 Å². The number of amides is 1. The number of fused-ring (bicyclic) bond motifs is 1. The molecule has 0 radical (unpaired) electrons. The summed E-state index contributed by atoms with van der Waals surface area (Å²) in [6, 6.07) is 5.37. The van der Waals surface area contributed by atoms with Crippen LogP contribution in [-0.4, -0.2) is 22.8 Å². The summed E-state index contributed by atoms with van der Waals surface area (Å²) in [7, 11) is 0. The Kier molecular flexibility index (Phi) is 4.32. The van der Waals surface area contributed by atoms with Gasteiger partial charge in [-0.2, -0.15) is 0 Å². The fraction of sp³-hybridized carbons (Fsp3) is 0.471. The van der Waals surface area contributed by atoms with Crippen molar-refractivity contribution in [3.8, 4) is 0 Å². The van der Waals surface area contributed by atoms with E-state index in [2.05, 4.69) is 5.32 Å². The average molecular weight is 341 g/mol. The summed E-state index contributed by atoms with van der Waals surface area (Å²) < 4.78 is 28.2. The molecule has 1 aliphatic rings. The fourth-order valence-electron chi connectivity index (χ4n) is 3.19. The molecule has 0 spiro atoms. The lowest BCUT2D eigenvalue weighted by Gasteiger charge is -2.28. The largest absolute Gasteiger partial charge is 0.352 e.